The SMILES string of the molecule is CCCCCCCCCCCCCCCC/C=C\OC[C@@H](O)COP(=O)(O)OC[C@H](N)C(=O)O. The van der Waals surface area contributed by atoms with Gasteiger partial charge in [0.2, 0.25) is 0 Å². The fraction of sp³-hybridized carbons (Fsp3) is 0.875. The first-order valence-corrected chi connectivity index (χ1v) is 14.3. The van der Waals surface area contributed by atoms with Crippen LogP contribution >= 0.6 is 7.82 Å². The number of nitrogens with two attached hydrogens (primary N) is 1. The highest BCUT2D eigenvalue weighted by Gasteiger charge is 2.25. The van der Waals surface area contributed by atoms with E-state index in [9.17, 15) is 19.4 Å². The van der Waals surface area contributed by atoms with Crippen molar-refractivity contribution >= 4 is 13.8 Å². The molecule has 0 aromatic rings. The van der Waals surface area contributed by atoms with E-state index in [0.717, 1.165) is 12.8 Å². The van der Waals surface area contributed by atoms with E-state index in [0.29, 0.717) is 0 Å². The molecule has 0 aliphatic carbocycles. The summed E-state index contributed by atoms with van der Waals surface area (Å²) in [6.45, 7) is 0.968. The number of carbonyl (C=O) groups is 1. The van der Waals surface area contributed by atoms with Crippen molar-refractivity contribution in [3.8, 4) is 0 Å². The molecule has 0 saturated carbocycles. The lowest BCUT2D eigenvalue weighted by atomic mass is 10.0. The molecular formula is C24H48NO8P. The molecule has 10 heteroatoms. The smallest absolute Gasteiger partial charge is 0.472 e. The van der Waals surface area contributed by atoms with Crippen LogP contribution in [0, 0.1) is 0 Å². The van der Waals surface area contributed by atoms with Crippen LogP contribution in [0.3, 0.4) is 0 Å². The van der Waals surface area contributed by atoms with Crippen LogP contribution < -0.4 is 5.73 Å². The second-order valence-electron chi connectivity index (χ2n) is 8.75. The quantitative estimate of drug-likeness (QED) is 0.0731. The number of aliphatic carboxylic acids is 1. The normalized spacial score (nSPS) is 15.3. The molecule has 34 heavy (non-hydrogen) atoms. The van der Waals surface area contributed by atoms with Gasteiger partial charge in [0.25, 0.3) is 0 Å². The molecule has 0 bridgehead atoms. The Labute approximate surface area is 205 Å². The van der Waals surface area contributed by atoms with E-state index < -0.39 is 39.2 Å². The van der Waals surface area contributed by atoms with Gasteiger partial charge >= 0.3 is 13.8 Å². The van der Waals surface area contributed by atoms with Crippen LogP contribution in [0.15, 0.2) is 12.3 Å². The summed E-state index contributed by atoms with van der Waals surface area (Å²) in [5.74, 6) is -1.37. The molecule has 1 unspecified atom stereocenters. The van der Waals surface area contributed by atoms with Crippen LogP contribution in [0.1, 0.15) is 103 Å². The lowest BCUT2D eigenvalue weighted by Crippen LogP contribution is -2.34. The number of carboxylic acid groups (broad SMARTS) is 1. The number of aliphatic hydroxyl groups is 1. The van der Waals surface area contributed by atoms with Gasteiger partial charge in [-0.15, -0.1) is 0 Å². The first kappa shape index (κ1) is 33.0. The Kier molecular flexibility index (Phi) is 21.9. The van der Waals surface area contributed by atoms with E-state index in [4.69, 9.17) is 15.6 Å². The summed E-state index contributed by atoms with van der Waals surface area (Å²) in [4.78, 5) is 20.0. The molecule has 0 aliphatic rings. The second-order valence-corrected chi connectivity index (χ2v) is 10.2. The van der Waals surface area contributed by atoms with Crippen molar-refractivity contribution in [2.75, 3.05) is 19.8 Å². The van der Waals surface area contributed by atoms with Gasteiger partial charge in [-0.05, 0) is 18.9 Å². The number of phosphoric acid groups is 1. The summed E-state index contributed by atoms with van der Waals surface area (Å²) in [6, 6.07) is -1.44. The Balaban J connectivity index is 3.48. The van der Waals surface area contributed by atoms with Gasteiger partial charge < -0.3 is 25.6 Å². The molecule has 0 aliphatic heterocycles. The highest BCUT2D eigenvalue weighted by Crippen LogP contribution is 2.43. The van der Waals surface area contributed by atoms with Crippen LogP contribution in [0.2, 0.25) is 0 Å². The maximum absolute atomic E-state index is 11.6. The number of rotatable bonds is 25. The molecule has 0 saturated heterocycles. The third-order valence-electron chi connectivity index (χ3n) is 5.37. The number of hydrogen-bond acceptors (Lipinski definition) is 7. The fourth-order valence-corrected chi connectivity index (χ4v) is 4.05. The van der Waals surface area contributed by atoms with E-state index in [-0.39, 0.29) is 6.61 Å². The standard InChI is InChI=1S/C24H48NO8P/c1-2-3-4-5-6-7-8-9-10-11-12-13-14-15-16-17-18-31-19-22(26)20-32-34(29,30)33-21-23(25)24(27)28/h17-18,22-23,26H,2-16,19-21,25H2,1H3,(H,27,28)(H,29,30)/b18-17-/t22-,23+/m1/s1. The van der Waals surface area contributed by atoms with Gasteiger partial charge in [-0.2, -0.15) is 0 Å². The van der Waals surface area contributed by atoms with Crippen molar-refractivity contribution in [1.82, 2.24) is 0 Å². The molecule has 0 radical (unpaired) electrons. The molecule has 0 rings (SSSR count). The van der Waals surface area contributed by atoms with Crippen molar-refractivity contribution in [2.45, 2.75) is 115 Å². The molecule has 0 aromatic carbocycles. The van der Waals surface area contributed by atoms with Crippen molar-refractivity contribution in [1.29, 1.82) is 0 Å². The summed E-state index contributed by atoms with van der Waals surface area (Å²) in [5, 5.41) is 18.3. The predicted molar refractivity (Wildman–Crippen MR) is 133 cm³/mol. The Bertz CT molecular complexity index is 561. The first-order valence-electron chi connectivity index (χ1n) is 12.8. The number of hydrogen-bond donors (Lipinski definition) is 4. The van der Waals surface area contributed by atoms with E-state index >= 15 is 0 Å². The highest BCUT2D eigenvalue weighted by atomic mass is 31.2. The zero-order valence-corrected chi connectivity index (χ0v) is 21.8. The molecule has 202 valence electrons. The average Bonchev–Trinajstić information content (AvgIpc) is 2.80. The van der Waals surface area contributed by atoms with Crippen LogP contribution in [0.4, 0.5) is 0 Å². The van der Waals surface area contributed by atoms with Crippen molar-refractivity contribution in [2.24, 2.45) is 5.73 Å². The zero-order valence-electron chi connectivity index (χ0n) is 20.9. The Hall–Kier alpha value is -0.960. The van der Waals surface area contributed by atoms with Crippen LogP contribution in [-0.2, 0) is 23.1 Å². The van der Waals surface area contributed by atoms with Crippen molar-refractivity contribution in [3.63, 3.8) is 0 Å². The van der Waals surface area contributed by atoms with E-state index in [1.807, 2.05) is 6.08 Å². The minimum Gasteiger partial charge on any atom is -0.499 e. The number of allylic oxidation sites excluding steroid dienone is 1. The Morgan fingerprint density at radius 3 is 1.82 bits per heavy atom. The molecule has 5 N–H and O–H groups in total. The van der Waals surface area contributed by atoms with E-state index in [1.54, 1.807) is 0 Å². The fourth-order valence-electron chi connectivity index (χ4n) is 3.27. The number of carboxylic acids is 1. The number of phosphoric ester groups is 1. The largest absolute Gasteiger partial charge is 0.499 e. The number of unbranched alkanes of at least 4 members (excludes halogenated alkanes) is 14. The van der Waals surface area contributed by atoms with Gasteiger partial charge in [0.1, 0.15) is 18.8 Å². The maximum atomic E-state index is 11.6. The zero-order chi connectivity index (χ0) is 25.5. The monoisotopic (exact) mass is 509 g/mol. The lowest BCUT2D eigenvalue weighted by molar-refractivity contribution is -0.139. The van der Waals surface area contributed by atoms with E-state index in [2.05, 4.69) is 16.0 Å². The minimum atomic E-state index is -4.50. The van der Waals surface area contributed by atoms with Gasteiger partial charge in [-0.25, -0.2) is 4.57 Å². The van der Waals surface area contributed by atoms with Crippen molar-refractivity contribution in [3.05, 3.63) is 12.3 Å². The summed E-state index contributed by atoms with van der Waals surface area (Å²) in [7, 11) is -4.50. The van der Waals surface area contributed by atoms with Gasteiger partial charge in [0, 0.05) is 0 Å². The molecule has 9 nitrogen and oxygen atoms in total. The second kappa shape index (κ2) is 22.5. The summed E-state index contributed by atoms with van der Waals surface area (Å²) in [6.07, 6.45) is 21.7. The molecule has 3 atom stereocenters. The third-order valence-corrected chi connectivity index (χ3v) is 6.32. The highest BCUT2D eigenvalue weighted by molar-refractivity contribution is 7.47. The summed E-state index contributed by atoms with van der Waals surface area (Å²) < 4.78 is 25.8. The van der Waals surface area contributed by atoms with Crippen molar-refractivity contribution < 1.29 is 38.3 Å². The molecule has 0 aromatic heterocycles. The minimum absolute atomic E-state index is 0.107. The molecule has 0 fully saturated rings. The van der Waals surface area contributed by atoms with Gasteiger partial charge in [-0.3, -0.25) is 13.8 Å². The molecular weight excluding hydrogens is 461 g/mol. The topological polar surface area (TPSA) is 149 Å². The van der Waals surface area contributed by atoms with Crippen LogP contribution in [-0.4, -0.2) is 53.0 Å². The van der Waals surface area contributed by atoms with Crippen LogP contribution in [0.25, 0.3) is 0 Å². The van der Waals surface area contributed by atoms with Gasteiger partial charge in [0.05, 0.1) is 19.5 Å². The van der Waals surface area contributed by atoms with Gasteiger partial charge in [0.15, 0.2) is 0 Å². The van der Waals surface area contributed by atoms with E-state index in [1.165, 1.54) is 89.7 Å². The number of ether oxygens (including phenoxy) is 1. The predicted octanol–water partition coefficient (Wildman–Crippen LogP) is 5.29. The summed E-state index contributed by atoms with van der Waals surface area (Å²) >= 11 is 0. The lowest BCUT2D eigenvalue weighted by Gasteiger charge is -2.16. The molecule has 0 heterocycles. The maximum Gasteiger partial charge on any atom is 0.472 e. The third kappa shape index (κ3) is 22.8. The Morgan fingerprint density at radius 2 is 1.32 bits per heavy atom. The average molecular weight is 510 g/mol. The van der Waals surface area contributed by atoms with Crippen LogP contribution in [0.5, 0.6) is 0 Å². The molecule has 0 spiro atoms. The Morgan fingerprint density at radius 1 is 0.853 bits per heavy atom. The molecule has 0 amide bonds. The summed E-state index contributed by atoms with van der Waals surface area (Å²) in [5.41, 5.74) is 5.17. The van der Waals surface area contributed by atoms with Gasteiger partial charge in [-0.1, -0.05) is 90.4 Å². The first-order chi connectivity index (χ1) is 16.3. The number of aliphatic hydroxyl groups excluding tert-OH is 1.